The molecule has 0 aliphatic rings. The third-order valence-corrected chi connectivity index (χ3v) is 6.92. The SMILES string of the molecule is Cn1c2ccccc2c2cc3c(cc21)c1c(-c2ccccc2)cccc1n3-c1ccccc1. The molecule has 0 aliphatic carbocycles. The van der Waals surface area contributed by atoms with Gasteiger partial charge >= 0.3 is 0 Å². The number of hydrogen-bond donors (Lipinski definition) is 0. The molecule has 0 saturated heterocycles. The Bertz CT molecular complexity index is 1800. The topological polar surface area (TPSA) is 9.86 Å². The van der Waals surface area contributed by atoms with E-state index in [-0.39, 0.29) is 0 Å². The van der Waals surface area contributed by atoms with Crippen molar-refractivity contribution in [3.8, 4) is 16.8 Å². The highest BCUT2D eigenvalue weighted by molar-refractivity contribution is 6.21. The van der Waals surface area contributed by atoms with E-state index in [1.54, 1.807) is 0 Å². The van der Waals surface area contributed by atoms with Gasteiger partial charge in [0, 0.05) is 45.3 Å². The number of fused-ring (bicyclic) bond motifs is 6. The average Bonchev–Trinajstić information content (AvgIpc) is 3.36. The molecule has 0 spiro atoms. The molecule has 0 saturated carbocycles. The summed E-state index contributed by atoms with van der Waals surface area (Å²) in [6.07, 6.45) is 0. The summed E-state index contributed by atoms with van der Waals surface area (Å²) in [6.45, 7) is 0. The smallest absolute Gasteiger partial charge is 0.0549 e. The predicted molar refractivity (Wildman–Crippen MR) is 140 cm³/mol. The largest absolute Gasteiger partial charge is 0.344 e. The first-order chi connectivity index (χ1) is 16.3. The van der Waals surface area contributed by atoms with E-state index < -0.39 is 0 Å². The minimum absolute atomic E-state index is 1.18. The molecule has 2 heteroatoms. The first kappa shape index (κ1) is 18.3. The minimum atomic E-state index is 1.18. The van der Waals surface area contributed by atoms with Crippen molar-refractivity contribution in [1.82, 2.24) is 9.13 Å². The molecule has 2 nitrogen and oxygen atoms in total. The molecule has 0 unspecified atom stereocenters. The van der Waals surface area contributed by atoms with Crippen LogP contribution in [0.2, 0.25) is 0 Å². The van der Waals surface area contributed by atoms with Gasteiger partial charge in [-0.15, -0.1) is 0 Å². The van der Waals surface area contributed by atoms with E-state index in [1.807, 2.05) is 0 Å². The molecule has 7 rings (SSSR count). The normalized spacial score (nSPS) is 11.8. The molecule has 0 bridgehead atoms. The zero-order chi connectivity index (χ0) is 21.9. The number of aryl methyl sites for hydroxylation is 1. The molecule has 2 heterocycles. The Morgan fingerprint density at radius 3 is 1.97 bits per heavy atom. The fourth-order valence-corrected chi connectivity index (χ4v) is 5.43. The van der Waals surface area contributed by atoms with E-state index in [4.69, 9.17) is 0 Å². The van der Waals surface area contributed by atoms with Gasteiger partial charge in [-0.25, -0.2) is 0 Å². The quantitative estimate of drug-likeness (QED) is 0.266. The molecule has 0 radical (unpaired) electrons. The molecule has 7 aromatic rings. The number of aromatic nitrogens is 2. The lowest BCUT2D eigenvalue weighted by atomic mass is 9.99. The van der Waals surface area contributed by atoms with E-state index in [0.29, 0.717) is 0 Å². The van der Waals surface area contributed by atoms with Crippen molar-refractivity contribution < 1.29 is 0 Å². The summed E-state index contributed by atoms with van der Waals surface area (Å²) in [5.74, 6) is 0. The second-order valence-electron chi connectivity index (χ2n) is 8.70. The van der Waals surface area contributed by atoms with Gasteiger partial charge in [0.1, 0.15) is 0 Å². The van der Waals surface area contributed by atoms with Crippen molar-refractivity contribution in [2.45, 2.75) is 0 Å². The summed E-state index contributed by atoms with van der Waals surface area (Å²) >= 11 is 0. The number of rotatable bonds is 2. The Hall–Kier alpha value is -4.30. The van der Waals surface area contributed by atoms with Gasteiger partial charge in [-0.1, -0.05) is 78.9 Å². The Morgan fingerprint density at radius 1 is 0.485 bits per heavy atom. The lowest BCUT2D eigenvalue weighted by Crippen LogP contribution is -1.93. The van der Waals surface area contributed by atoms with Crippen LogP contribution >= 0.6 is 0 Å². The minimum Gasteiger partial charge on any atom is -0.344 e. The summed E-state index contributed by atoms with van der Waals surface area (Å²) < 4.78 is 4.74. The van der Waals surface area contributed by atoms with Crippen LogP contribution in [0.5, 0.6) is 0 Å². The van der Waals surface area contributed by atoms with E-state index >= 15 is 0 Å². The van der Waals surface area contributed by atoms with E-state index in [9.17, 15) is 0 Å². The maximum Gasteiger partial charge on any atom is 0.0549 e. The third-order valence-electron chi connectivity index (χ3n) is 6.92. The van der Waals surface area contributed by atoms with E-state index in [1.165, 1.54) is 60.4 Å². The van der Waals surface area contributed by atoms with Crippen LogP contribution in [0.15, 0.2) is 115 Å². The van der Waals surface area contributed by atoms with Crippen LogP contribution in [-0.2, 0) is 7.05 Å². The Labute approximate surface area is 191 Å². The molecular formula is C31H22N2. The van der Waals surface area contributed by atoms with Crippen molar-refractivity contribution in [3.63, 3.8) is 0 Å². The first-order valence-corrected chi connectivity index (χ1v) is 11.4. The second-order valence-corrected chi connectivity index (χ2v) is 8.70. The van der Waals surface area contributed by atoms with Crippen LogP contribution in [0.1, 0.15) is 0 Å². The van der Waals surface area contributed by atoms with Crippen LogP contribution in [0.3, 0.4) is 0 Å². The van der Waals surface area contributed by atoms with Gasteiger partial charge in [-0.05, 0) is 47.5 Å². The number of hydrogen-bond acceptors (Lipinski definition) is 0. The summed E-state index contributed by atoms with van der Waals surface area (Å²) in [6, 6.07) is 41.6. The predicted octanol–water partition coefficient (Wildman–Crippen LogP) is 8.10. The van der Waals surface area contributed by atoms with Crippen LogP contribution < -0.4 is 0 Å². The van der Waals surface area contributed by atoms with Crippen LogP contribution in [-0.4, -0.2) is 9.13 Å². The van der Waals surface area contributed by atoms with Gasteiger partial charge in [0.25, 0.3) is 0 Å². The lowest BCUT2D eigenvalue weighted by Gasteiger charge is -2.08. The summed E-state index contributed by atoms with van der Waals surface area (Å²) in [7, 11) is 2.17. The van der Waals surface area contributed by atoms with Crippen LogP contribution in [0.4, 0.5) is 0 Å². The molecule has 5 aromatic carbocycles. The van der Waals surface area contributed by atoms with Crippen molar-refractivity contribution in [1.29, 1.82) is 0 Å². The molecule has 33 heavy (non-hydrogen) atoms. The molecule has 156 valence electrons. The fourth-order valence-electron chi connectivity index (χ4n) is 5.43. The highest BCUT2D eigenvalue weighted by Crippen LogP contribution is 2.41. The van der Waals surface area contributed by atoms with Gasteiger partial charge in [0.15, 0.2) is 0 Å². The summed E-state index contributed by atoms with van der Waals surface area (Å²) in [5.41, 5.74) is 8.69. The van der Waals surface area contributed by atoms with Crippen LogP contribution in [0.25, 0.3) is 60.4 Å². The molecular weight excluding hydrogens is 400 g/mol. The number of benzene rings is 5. The maximum absolute atomic E-state index is 2.42. The van der Waals surface area contributed by atoms with Gasteiger partial charge in [0.05, 0.1) is 11.0 Å². The molecule has 0 atom stereocenters. The van der Waals surface area contributed by atoms with E-state index in [2.05, 4.69) is 131 Å². The van der Waals surface area contributed by atoms with Crippen molar-refractivity contribution in [2.24, 2.45) is 7.05 Å². The Morgan fingerprint density at radius 2 is 1.15 bits per heavy atom. The fraction of sp³-hybridized carbons (Fsp3) is 0.0323. The molecule has 0 fully saturated rings. The third kappa shape index (κ3) is 2.55. The van der Waals surface area contributed by atoms with Crippen LogP contribution in [0, 0.1) is 0 Å². The van der Waals surface area contributed by atoms with Gasteiger partial charge in [-0.3, -0.25) is 0 Å². The monoisotopic (exact) mass is 422 g/mol. The molecule has 0 amide bonds. The lowest BCUT2D eigenvalue weighted by molar-refractivity contribution is 1.02. The van der Waals surface area contributed by atoms with Gasteiger partial charge in [0.2, 0.25) is 0 Å². The van der Waals surface area contributed by atoms with Crippen molar-refractivity contribution in [2.75, 3.05) is 0 Å². The highest BCUT2D eigenvalue weighted by atomic mass is 15.0. The van der Waals surface area contributed by atoms with Gasteiger partial charge < -0.3 is 9.13 Å². The Kier molecular flexibility index (Phi) is 3.80. The zero-order valence-corrected chi connectivity index (χ0v) is 18.4. The van der Waals surface area contributed by atoms with Crippen molar-refractivity contribution >= 4 is 43.6 Å². The molecule has 0 aliphatic heterocycles. The van der Waals surface area contributed by atoms with E-state index in [0.717, 1.165) is 0 Å². The highest BCUT2D eigenvalue weighted by Gasteiger charge is 2.18. The first-order valence-electron chi connectivity index (χ1n) is 11.4. The number of para-hydroxylation sites is 2. The number of nitrogens with zero attached hydrogens (tertiary/aromatic N) is 2. The average molecular weight is 423 g/mol. The molecule has 2 aromatic heterocycles. The zero-order valence-electron chi connectivity index (χ0n) is 18.4. The molecule has 0 N–H and O–H groups in total. The summed E-state index contributed by atoms with van der Waals surface area (Å²) in [5, 5.41) is 5.17. The summed E-state index contributed by atoms with van der Waals surface area (Å²) in [4.78, 5) is 0. The maximum atomic E-state index is 2.42. The Balaban J connectivity index is 1.72. The standard InChI is InChI=1S/C31H22N2/c1-32-27-17-9-8-15-24(27)25-19-30-26(20-29(25)32)31-23(21-11-4-2-5-12-21)16-10-18-28(31)33(30)22-13-6-3-7-14-22/h2-20H,1H3. The second kappa shape index (κ2) is 6.85. The van der Waals surface area contributed by atoms with Gasteiger partial charge in [-0.2, -0.15) is 0 Å². The van der Waals surface area contributed by atoms with Crippen molar-refractivity contribution in [3.05, 3.63) is 115 Å².